The van der Waals surface area contributed by atoms with Crippen molar-refractivity contribution in [3.63, 3.8) is 0 Å². The molecule has 1 heterocycles. The minimum absolute atomic E-state index is 0.0206. The minimum Gasteiger partial charge on any atom is -0.507 e. The molecule has 2 aromatic rings. The number of aromatic hydroxyl groups is 1. The molecule has 0 aromatic heterocycles. The Hall–Kier alpha value is -2.35. The van der Waals surface area contributed by atoms with Crippen LogP contribution in [-0.2, 0) is 9.59 Å². The van der Waals surface area contributed by atoms with E-state index < -0.39 is 0 Å². The predicted octanol–water partition coefficient (Wildman–Crippen LogP) is 4.58. The Morgan fingerprint density at radius 3 is 2.82 bits per heavy atom. The number of anilines is 1. The zero-order valence-electron chi connectivity index (χ0n) is 14.9. The second kappa shape index (κ2) is 8.77. The largest absolute Gasteiger partial charge is 0.507 e. The lowest BCUT2D eigenvalue weighted by atomic mass is 10.2. The summed E-state index contributed by atoms with van der Waals surface area (Å²) in [5.74, 6) is -0.467. The van der Waals surface area contributed by atoms with Gasteiger partial charge in [0.25, 0.3) is 5.91 Å². The first-order chi connectivity index (χ1) is 13.3. The van der Waals surface area contributed by atoms with Gasteiger partial charge in [-0.3, -0.25) is 14.5 Å². The summed E-state index contributed by atoms with van der Waals surface area (Å²) in [6.07, 6.45) is 1.67. The van der Waals surface area contributed by atoms with Crippen LogP contribution in [0.1, 0.15) is 17.5 Å². The first-order valence-electron chi connectivity index (χ1n) is 8.44. The minimum atomic E-state index is -0.293. The van der Waals surface area contributed by atoms with Gasteiger partial charge in [0.2, 0.25) is 5.91 Å². The SMILES string of the molecule is Cc1ccccc1NC(=O)CCN1C(=O)/C(=C/c2cc(Cl)ccc2O)SC1=S. The molecule has 0 spiro atoms. The van der Waals surface area contributed by atoms with Crippen molar-refractivity contribution in [2.24, 2.45) is 0 Å². The maximum Gasteiger partial charge on any atom is 0.266 e. The first kappa shape index (κ1) is 20.4. The zero-order valence-corrected chi connectivity index (χ0v) is 17.3. The van der Waals surface area contributed by atoms with E-state index in [4.69, 9.17) is 23.8 Å². The third-order valence-electron chi connectivity index (χ3n) is 4.13. The number of phenols is 1. The van der Waals surface area contributed by atoms with Crippen LogP contribution >= 0.6 is 35.6 Å². The molecule has 0 unspecified atom stereocenters. The van der Waals surface area contributed by atoms with Crippen molar-refractivity contribution in [2.75, 3.05) is 11.9 Å². The molecule has 28 heavy (non-hydrogen) atoms. The van der Waals surface area contributed by atoms with Crippen molar-refractivity contribution in [2.45, 2.75) is 13.3 Å². The molecule has 1 fully saturated rings. The Bertz CT molecular complexity index is 991. The summed E-state index contributed by atoms with van der Waals surface area (Å²) < 4.78 is 0.376. The summed E-state index contributed by atoms with van der Waals surface area (Å²) in [5.41, 5.74) is 2.14. The smallest absolute Gasteiger partial charge is 0.266 e. The van der Waals surface area contributed by atoms with Crippen molar-refractivity contribution in [1.82, 2.24) is 4.90 Å². The Labute approximate surface area is 177 Å². The van der Waals surface area contributed by atoms with E-state index in [0.717, 1.165) is 23.0 Å². The summed E-state index contributed by atoms with van der Waals surface area (Å²) in [7, 11) is 0. The standard InChI is InChI=1S/C20H17ClN2O3S2/c1-12-4-2-3-5-15(12)22-18(25)8-9-23-19(26)17(28-20(23)27)11-13-10-14(21)6-7-16(13)24/h2-7,10-11,24H,8-9H2,1H3,(H,22,25)/b17-11-. The van der Waals surface area contributed by atoms with Crippen LogP contribution in [-0.4, -0.2) is 32.7 Å². The highest BCUT2D eigenvalue weighted by atomic mass is 35.5. The predicted molar refractivity (Wildman–Crippen MR) is 117 cm³/mol. The Morgan fingerprint density at radius 1 is 1.32 bits per heavy atom. The average molecular weight is 433 g/mol. The van der Waals surface area contributed by atoms with Crippen LogP contribution in [0.3, 0.4) is 0 Å². The van der Waals surface area contributed by atoms with Gasteiger partial charge in [-0.25, -0.2) is 0 Å². The van der Waals surface area contributed by atoms with E-state index in [-0.39, 0.29) is 30.5 Å². The number of carbonyl (C=O) groups is 2. The summed E-state index contributed by atoms with van der Waals surface area (Å²) >= 11 is 12.4. The third-order valence-corrected chi connectivity index (χ3v) is 5.74. The highest BCUT2D eigenvalue weighted by Gasteiger charge is 2.32. The molecule has 1 aliphatic heterocycles. The fourth-order valence-corrected chi connectivity index (χ4v) is 4.09. The van der Waals surface area contributed by atoms with Gasteiger partial charge in [-0.2, -0.15) is 0 Å². The van der Waals surface area contributed by atoms with E-state index in [0.29, 0.717) is 19.8 Å². The highest BCUT2D eigenvalue weighted by molar-refractivity contribution is 8.26. The van der Waals surface area contributed by atoms with Gasteiger partial charge in [0.05, 0.1) is 4.91 Å². The third kappa shape index (κ3) is 4.73. The number of para-hydroxylation sites is 1. The number of carbonyl (C=O) groups excluding carboxylic acids is 2. The Kier molecular flexibility index (Phi) is 6.39. The number of thiocarbonyl (C=S) groups is 1. The monoisotopic (exact) mass is 432 g/mol. The van der Waals surface area contributed by atoms with E-state index >= 15 is 0 Å². The van der Waals surface area contributed by atoms with Crippen molar-refractivity contribution in [3.05, 3.63) is 63.5 Å². The molecule has 0 radical (unpaired) electrons. The highest BCUT2D eigenvalue weighted by Crippen LogP contribution is 2.34. The number of thioether (sulfide) groups is 1. The van der Waals surface area contributed by atoms with Crippen LogP contribution < -0.4 is 5.32 Å². The molecule has 2 aromatic carbocycles. The van der Waals surface area contributed by atoms with Crippen LogP contribution in [0, 0.1) is 6.92 Å². The fraction of sp³-hybridized carbons (Fsp3) is 0.150. The maximum atomic E-state index is 12.6. The maximum absolute atomic E-state index is 12.6. The molecule has 0 aliphatic carbocycles. The number of rotatable bonds is 5. The lowest BCUT2D eigenvalue weighted by Gasteiger charge is -2.14. The number of phenolic OH excluding ortho intramolecular Hbond substituents is 1. The van der Waals surface area contributed by atoms with Crippen LogP contribution in [0.5, 0.6) is 5.75 Å². The number of hydrogen-bond donors (Lipinski definition) is 2. The number of nitrogens with one attached hydrogen (secondary N) is 1. The van der Waals surface area contributed by atoms with Gasteiger partial charge in [-0.05, 0) is 42.8 Å². The van der Waals surface area contributed by atoms with Crippen LogP contribution in [0.4, 0.5) is 5.69 Å². The van der Waals surface area contributed by atoms with Crippen molar-refractivity contribution in [1.29, 1.82) is 0 Å². The number of halogens is 1. The molecule has 8 heteroatoms. The normalized spacial score (nSPS) is 15.4. The van der Waals surface area contributed by atoms with Gasteiger partial charge >= 0.3 is 0 Å². The van der Waals surface area contributed by atoms with Gasteiger partial charge in [0.15, 0.2) is 0 Å². The number of hydrogen-bond acceptors (Lipinski definition) is 5. The molecule has 5 nitrogen and oxygen atoms in total. The number of nitrogens with zero attached hydrogens (tertiary/aromatic N) is 1. The van der Waals surface area contributed by atoms with Crippen molar-refractivity contribution < 1.29 is 14.7 Å². The van der Waals surface area contributed by atoms with E-state index in [1.165, 1.54) is 11.0 Å². The summed E-state index contributed by atoms with van der Waals surface area (Å²) in [5, 5.41) is 13.2. The average Bonchev–Trinajstić information content (AvgIpc) is 2.91. The van der Waals surface area contributed by atoms with E-state index in [9.17, 15) is 14.7 Å². The molecular weight excluding hydrogens is 416 g/mol. The van der Waals surface area contributed by atoms with Crippen LogP contribution in [0.15, 0.2) is 47.4 Å². The van der Waals surface area contributed by atoms with Gasteiger partial charge in [-0.15, -0.1) is 0 Å². The van der Waals surface area contributed by atoms with E-state index in [1.54, 1.807) is 18.2 Å². The molecule has 1 aliphatic rings. The van der Waals surface area contributed by atoms with E-state index in [2.05, 4.69) is 5.32 Å². The molecule has 3 rings (SSSR count). The van der Waals surface area contributed by atoms with Crippen molar-refractivity contribution >= 4 is 63.5 Å². The molecule has 2 N–H and O–H groups in total. The van der Waals surface area contributed by atoms with Gasteiger partial charge < -0.3 is 10.4 Å². The number of benzene rings is 2. The van der Waals surface area contributed by atoms with Gasteiger partial charge in [-0.1, -0.05) is 53.8 Å². The number of amides is 2. The fourth-order valence-electron chi connectivity index (χ4n) is 2.61. The zero-order chi connectivity index (χ0) is 20.3. The Balaban J connectivity index is 1.65. The molecule has 0 saturated carbocycles. The molecule has 144 valence electrons. The molecule has 1 saturated heterocycles. The molecule has 2 amide bonds. The summed E-state index contributed by atoms with van der Waals surface area (Å²) in [6.45, 7) is 2.09. The summed E-state index contributed by atoms with van der Waals surface area (Å²) in [4.78, 5) is 26.6. The van der Waals surface area contributed by atoms with E-state index in [1.807, 2.05) is 31.2 Å². The topological polar surface area (TPSA) is 69.6 Å². The van der Waals surface area contributed by atoms with Crippen LogP contribution in [0.2, 0.25) is 5.02 Å². The molecule has 0 bridgehead atoms. The van der Waals surface area contributed by atoms with Crippen molar-refractivity contribution in [3.8, 4) is 5.75 Å². The van der Waals surface area contributed by atoms with Gasteiger partial charge in [0, 0.05) is 29.2 Å². The Morgan fingerprint density at radius 2 is 2.07 bits per heavy atom. The molecular formula is C20H17ClN2O3S2. The lowest BCUT2D eigenvalue weighted by molar-refractivity contribution is -0.122. The first-order valence-corrected chi connectivity index (χ1v) is 10.0. The summed E-state index contributed by atoms with van der Waals surface area (Å²) in [6, 6.07) is 12.1. The second-order valence-corrected chi connectivity index (χ2v) is 8.26. The quantitative estimate of drug-likeness (QED) is 0.534. The lowest BCUT2D eigenvalue weighted by Crippen LogP contribution is -2.31. The second-order valence-electron chi connectivity index (χ2n) is 6.15. The van der Waals surface area contributed by atoms with Crippen LogP contribution in [0.25, 0.3) is 6.08 Å². The van der Waals surface area contributed by atoms with Gasteiger partial charge in [0.1, 0.15) is 10.1 Å². The number of aryl methyl sites for hydroxylation is 1. The molecule has 0 atom stereocenters.